The molecule has 3 aromatic rings. The van der Waals surface area contributed by atoms with Crippen LogP contribution in [0, 0.1) is 0 Å². The van der Waals surface area contributed by atoms with Crippen LogP contribution in [0.5, 0.6) is 0 Å². The fourth-order valence-electron chi connectivity index (χ4n) is 3.45. The predicted molar refractivity (Wildman–Crippen MR) is 119 cm³/mol. The van der Waals surface area contributed by atoms with E-state index in [1.807, 2.05) is 12.4 Å². The van der Waals surface area contributed by atoms with Crippen molar-refractivity contribution >= 4 is 0 Å². The molecule has 0 radical (unpaired) electrons. The molecule has 1 aromatic heterocycles. The maximum Gasteiger partial charge on any atom is 0.159 e. The first-order valence-corrected chi connectivity index (χ1v) is 10.8. The van der Waals surface area contributed by atoms with Crippen LogP contribution in [0.4, 0.5) is 0 Å². The molecule has 0 aliphatic carbocycles. The fraction of sp³-hybridized carbons (Fsp3) is 0.385. The normalized spacial score (nSPS) is 10.9. The van der Waals surface area contributed by atoms with Crippen LogP contribution in [0.25, 0.3) is 22.5 Å². The maximum absolute atomic E-state index is 4.60. The van der Waals surface area contributed by atoms with E-state index in [2.05, 4.69) is 72.3 Å². The molecule has 146 valence electrons. The number of rotatable bonds is 10. The average Bonchev–Trinajstić information content (AvgIpc) is 2.76. The summed E-state index contributed by atoms with van der Waals surface area (Å²) in [4.78, 5) is 9.20. The summed E-state index contributed by atoms with van der Waals surface area (Å²) in [5, 5.41) is 0. The van der Waals surface area contributed by atoms with Gasteiger partial charge in [-0.1, -0.05) is 88.1 Å². The van der Waals surface area contributed by atoms with Crippen molar-refractivity contribution in [3.8, 4) is 22.5 Å². The van der Waals surface area contributed by atoms with Crippen LogP contribution in [-0.2, 0) is 12.8 Å². The first-order chi connectivity index (χ1) is 13.8. The van der Waals surface area contributed by atoms with Gasteiger partial charge < -0.3 is 0 Å². The lowest BCUT2D eigenvalue weighted by Crippen LogP contribution is -1.91. The van der Waals surface area contributed by atoms with Crippen molar-refractivity contribution in [2.24, 2.45) is 0 Å². The molecule has 0 saturated heterocycles. The lowest BCUT2D eigenvalue weighted by Gasteiger charge is -2.06. The molecule has 28 heavy (non-hydrogen) atoms. The Morgan fingerprint density at radius 3 is 1.64 bits per heavy atom. The van der Waals surface area contributed by atoms with Crippen molar-refractivity contribution in [3.63, 3.8) is 0 Å². The topological polar surface area (TPSA) is 25.8 Å². The van der Waals surface area contributed by atoms with Crippen molar-refractivity contribution in [2.45, 2.75) is 65.2 Å². The fourth-order valence-corrected chi connectivity index (χ4v) is 3.45. The van der Waals surface area contributed by atoms with E-state index in [1.54, 1.807) is 0 Å². The van der Waals surface area contributed by atoms with Gasteiger partial charge in [0.2, 0.25) is 0 Å². The van der Waals surface area contributed by atoms with Crippen molar-refractivity contribution in [1.82, 2.24) is 9.97 Å². The maximum atomic E-state index is 4.60. The molecule has 0 aliphatic heterocycles. The third-order valence-corrected chi connectivity index (χ3v) is 5.29. The number of benzene rings is 2. The van der Waals surface area contributed by atoms with E-state index in [9.17, 15) is 0 Å². The Labute approximate surface area is 170 Å². The number of unbranched alkanes of at least 4 members (excludes halogenated alkanes) is 4. The standard InChI is InChI=1S/C26H32N2/c1-3-5-7-8-10-22-13-17-24(18-14-22)26-27-19-25(20-28-26)23-15-11-21(12-16-23)9-6-4-2/h11-20H,3-10H2,1-2H3. The molecule has 2 heteroatoms. The smallest absolute Gasteiger partial charge is 0.159 e. The summed E-state index contributed by atoms with van der Waals surface area (Å²) in [6.45, 7) is 4.48. The Balaban J connectivity index is 1.62. The molecule has 0 atom stereocenters. The lowest BCUT2D eigenvalue weighted by molar-refractivity contribution is 0.667. The summed E-state index contributed by atoms with van der Waals surface area (Å²) in [5.74, 6) is 0.792. The van der Waals surface area contributed by atoms with Gasteiger partial charge in [0, 0.05) is 23.5 Å². The van der Waals surface area contributed by atoms with Crippen molar-refractivity contribution < 1.29 is 0 Å². The Kier molecular flexibility index (Phi) is 7.78. The molecule has 0 amide bonds. The minimum absolute atomic E-state index is 0.792. The van der Waals surface area contributed by atoms with Gasteiger partial charge in [-0.2, -0.15) is 0 Å². The second kappa shape index (κ2) is 10.8. The average molecular weight is 373 g/mol. The minimum atomic E-state index is 0.792. The van der Waals surface area contributed by atoms with Crippen LogP contribution in [0.1, 0.15) is 63.5 Å². The van der Waals surface area contributed by atoms with Crippen LogP contribution in [-0.4, -0.2) is 9.97 Å². The number of aromatic nitrogens is 2. The highest BCUT2D eigenvalue weighted by molar-refractivity contribution is 5.64. The molecule has 3 rings (SSSR count). The van der Waals surface area contributed by atoms with Crippen LogP contribution in [0.2, 0.25) is 0 Å². The van der Waals surface area contributed by atoms with Gasteiger partial charge in [-0.05, 0) is 42.4 Å². The largest absolute Gasteiger partial charge is 0.236 e. The molecule has 2 aromatic carbocycles. The van der Waals surface area contributed by atoms with Crippen LogP contribution in [0.3, 0.4) is 0 Å². The zero-order chi connectivity index (χ0) is 19.6. The van der Waals surface area contributed by atoms with Gasteiger partial charge in [-0.15, -0.1) is 0 Å². The molecular formula is C26H32N2. The number of hydrogen-bond donors (Lipinski definition) is 0. The molecular weight excluding hydrogens is 340 g/mol. The second-order valence-corrected chi connectivity index (χ2v) is 7.60. The van der Waals surface area contributed by atoms with Gasteiger partial charge in [0.25, 0.3) is 0 Å². The highest BCUT2D eigenvalue weighted by atomic mass is 14.9. The van der Waals surface area contributed by atoms with E-state index in [4.69, 9.17) is 0 Å². The van der Waals surface area contributed by atoms with Crippen molar-refractivity contribution in [3.05, 3.63) is 72.1 Å². The first-order valence-electron chi connectivity index (χ1n) is 10.8. The van der Waals surface area contributed by atoms with Crippen LogP contribution in [0.15, 0.2) is 60.9 Å². The molecule has 2 nitrogen and oxygen atoms in total. The second-order valence-electron chi connectivity index (χ2n) is 7.60. The SMILES string of the molecule is CCCCCCc1ccc(-c2ncc(-c3ccc(CCCC)cc3)cn2)cc1. The first kappa shape index (κ1) is 20.3. The van der Waals surface area contributed by atoms with Crippen LogP contribution >= 0.6 is 0 Å². The van der Waals surface area contributed by atoms with E-state index in [1.165, 1.54) is 55.2 Å². The molecule has 0 bridgehead atoms. The van der Waals surface area contributed by atoms with Gasteiger partial charge in [0.1, 0.15) is 0 Å². The Morgan fingerprint density at radius 2 is 1.07 bits per heavy atom. The summed E-state index contributed by atoms with van der Waals surface area (Å²) >= 11 is 0. The Hall–Kier alpha value is -2.48. The molecule has 0 aliphatic rings. The third-order valence-electron chi connectivity index (χ3n) is 5.29. The van der Waals surface area contributed by atoms with Gasteiger partial charge >= 0.3 is 0 Å². The van der Waals surface area contributed by atoms with E-state index >= 15 is 0 Å². The number of aryl methyl sites for hydroxylation is 2. The lowest BCUT2D eigenvalue weighted by atomic mass is 10.0. The van der Waals surface area contributed by atoms with E-state index in [-0.39, 0.29) is 0 Å². The number of hydrogen-bond acceptors (Lipinski definition) is 2. The van der Waals surface area contributed by atoms with Gasteiger partial charge in [0.05, 0.1) is 0 Å². The quantitative estimate of drug-likeness (QED) is 0.350. The predicted octanol–water partition coefficient (Wildman–Crippen LogP) is 7.28. The third kappa shape index (κ3) is 5.76. The van der Waals surface area contributed by atoms with Crippen molar-refractivity contribution in [1.29, 1.82) is 0 Å². The van der Waals surface area contributed by atoms with Gasteiger partial charge in [-0.25, -0.2) is 9.97 Å². The Bertz CT molecular complexity index is 818. The summed E-state index contributed by atoms with van der Waals surface area (Å²) < 4.78 is 0. The molecule has 0 N–H and O–H groups in total. The molecule has 0 spiro atoms. The van der Waals surface area contributed by atoms with Crippen molar-refractivity contribution in [2.75, 3.05) is 0 Å². The summed E-state index contributed by atoms with van der Waals surface area (Å²) in [6, 6.07) is 17.5. The Morgan fingerprint density at radius 1 is 0.536 bits per heavy atom. The summed E-state index contributed by atoms with van der Waals surface area (Å²) in [5.41, 5.74) is 6.13. The van der Waals surface area contributed by atoms with Crippen LogP contribution < -0.4 is 0 Å². The highest BCUT2D eigenvalue weighted by Gasteiger charge is 2.04. The summed E-state index contributed by atoms with van der Waals surface area (Å²) in [7, 11) is 0. The highest BCUT2D eigenvalue weighted by Crippen LogP contribution is 2.22. The molecule has 1 heterocycles. The van der Waals surface area contributed by atoms with Gasteiger partial charge in [0.15, 0.2) is 5.82 Å². The number of nitrogens with zero attached hydrogens (tertiary/aromatic N) is 2. The zero-order valence-electron chi connectivity index (χ0n) is 17.3. The van der Waals surface area contributed by atoms with Gasteiger partial charge in [-0.3, -0.25) is 0 Å². The van der Waals surface area contributed by atoms with E-state index < -0.39 is 0 Å². The minimum Gasteiger partial charge on any atom is -0.236 e. The molecule has 0 fully saturated rings. The van der Waals surface area contributed by atoms with E-state index in [0.717, 1.165) is 29.8 Å². The summed E-state index contributed by atoms with van der Waals surface area (Å²) in [6.07, 6.45) is 13.9. The van der Waals surface area contributed by atoms with E-state index in [0.29, 0.717) is 0 Å². The molecule has 0 unspecified atom stereocenters. The molecule has 0 saturated carbocycles. The zero-order valence-corrected chi connectivity index (χ0v) is 17.3. The monoisotopic (exact) mass is 372 g/mol.